The molecule has 4 aromatic rings. The second-order valence-corrected chi connectivity index (χ2v) is 17.4. The fourth-order valence-electron chi connectivity index (χ4n) is 5.95. The lowest BCUT2D eigenvalue weighted by atomic mass is 10.0. The van der Waals surface area contributed by atoms with E-state index in [9.17, 15) is 36.3 Å². The van der Waals surface area contributed by atoms with Gasteiger partial charge in [-0.3, -0.25) is 9.47 Å². The van der Waals surface area contributed by atoms with Crippen LogP contribution in [0.1, 0.15) is 43.4 Å². The molecule has 0 fully saturated rings. The van der Waals surface area contributed by atoms with Gasteiger partial charge in [0.15, 0.2) is 5.75 Å². The van der Waals surface area contributed by atoms with Crippen molar-refractivity contribution in [3.05, 3.63) is 105 Å². The minimum absolute atomic E-state index is 0.0695. The molecule has 0 radical (unpaired) electrons. The molecule has 5 rings (SSSR count). The molecule has 1 aliphatic heterocycles. The number of anilines is 1. The van der Waals surface area contributed by atoms with E-state index in [4.69, 9.17) is 79.1 Å². The Hall–Kier alpha value is -4.46. The Bertz CT molecular complexity index is 2210. The number of nitrogens with one attached hydrogen (secondary N) is 1. The number of amides is 4. The number of ether oxygens (including phenoxy) is 3. The van der Waals surface area contributed by atoms with Crippen LogP contribution in [0.5, 0.6) is 11.5 Å². The van der Waals surface area contributed by atoms with Crippen LogP contribution >= 0.6 is 69.6 Å². The summed E-state index contributed by atoms with van der Waals surface area (Å²) in [5.41, 5.74) is 0.0980. The molecule has 1 unspecified atom stereocenters. The number of nitrogens with zero attached hydrogens (tertiary/aromatic N) is 6. The smallest absolute Gasteiger partial charge is 0.416 e. The van der Waals surface area contributed by atoms with Crippen molar-refractivity contribution in [1.29, 1.82) is 0 Å². The average Bonchev–Trinajstić information content (AvgIpc) is 3.92. The van der Waals surface area contributed by atoms with Gasteiger partial charge in [-0.1, -0.05) is 83.5 Å². The summed E-state index contributed by atoms with van der Waals surface area (Å²) < 4.78 is 79.0. The Morgan fingerprint density at radius 3 is 2.14 bits per heavy atom. The van der Waals surface area contributed by atoms with Crippen LogP contribution in [-0.2, 0) is 10.9 Å². The normalized spacial score (nSPS) is 13.8. The molecule has 348 valence electrons. The number of urea groups is 1. The van der Waals surface area contributed by atoms with E-state index >= 15 is 0 Å². The molecule has 1 atom stereocenters. The molecular weight excluding hydrogens is 982 g/mol. The van der Waals surface area contributed by atoms with E-state index in [2.05, 4.69) is 20.1 Å². The molecule has 4 amide bonds. The van der Waals surface area contributed by atoms with Crippen molar-refractivity contribution in [3.63, 3.8) is 0 Å². The van der Waals surface area contributed by atoms with Crippen molar-refractivity contribution in [2.75, 3.05) is 44.7 Å². The number of benzene rings is 3. The highest BCUT2D eigenvalue weighted by Crippen LogP contribution is 2.36. The minimum atomic E-state index is -4.55. The third kappa shape index (κ3) is 15.3. The van der Waals surface area contributed by atoms with Crippen LogP contribution in [0.25, 0.3) is 0 Å². The van der Waals surface area contributed by atoms with Crippen LogP contribution in [0.3, 0.4) is 0 Å². The Labute approximate surface area is 394 Å². The number of imidazole rings is 1. The first-order valence-electron chi connectivity index (χ1n) is 19.1. The zero-order valence-corrected chi connectivity index (χ0v) is 38.6. The molecule has 0 spiro atoms. The molecule has 13 nitrogen and oxygen atoms in total. The van der Waals surface area contributed by atoms with Crippen LogP contribution in [0, 0.1) is 6.92 Å². The largest absolute Gasteiger partial charge is 0.489 e. The summed E-state index contributed by atoms with van der Waals surface area (Å²) in [7, 11) is 0. The van der Waals surface area contributed by atoms with Crippen molar-refractivity contribution in [2.24, 2.45) is 5.10 Å². The second kappa shape index (κ2) is 23.6. The maximum absolute atomic E-state index is 13.1. The van der Waals surface area contributed by atoms with E-state index in [1.54, 1.807) is 36.4 Å². The maximum Gasteiger partial charge on any atom is 0.416 e. The van der Waals surface area contributed by atoms with Gasteiger partial charge in [-0.15, -0.1) is 0 Å². The Balaban J connectivity index is 0.000000329. The van der Waals surface area contributed by atoms with Crippen LogP contribution in [0.2, 0.25) is 15.1 Å². The molecule has 0 aliphatic carbocycles. The standard InChI is InChI=1S/C25H24Cl3F5N4O4.C15H16Cl3N3O2/c1-3-10-36(23(39)40-13-24(26,27)28)18-12-37(22(38)34-17-7-5-16(6-8-17)25(31,32)33)35-20(18)15-4-9-19(14(2)11-15)41-21(29)30;1-2-4-20(15(22)21-5-3-19-10-21)6-7-23-14-12(17)8-11(16)9-13(14)18/h4-9,11,18,21H,3,10,12-13H2,1-2H3,(H,34,38);3,5,8-10H,2,4,6-7H2,1H3. The Morgan fingerprint density at radius 2 is 1.59 bits per heavy atom. The van der Waals surface area contributed by atoms with Gasteiger partial charge in [-0.25, -0.2) is 24.4 Å². The van der Waals surface area contributed by atoms with E-state index in [0.29, 0.717) is 51.5 Å². The molecular formula is C40H40Cl6F5N7O6. The number of halogens is 11. The highest BCUT2D eigenvalue weighted by molar-refractivity contribution is 6.67. The van der Waals surface area contributed by atoms with Crippen molar-refractivity contribution in [3.8, 4) is 11.5 Å². The molecule has 64 heavy (non-hydrogen) atoms. The lowest BCUT2D eigenvalue weighted by Crippen LogP contribution is -2.48. The molecule has 24 heteroatoms. The Morgan fingerprint density at radius 1 is 0.938 bits per heavy atom. The lowest BCUT2D eigenvalue weighted by Gasteiger charge is -2.29. The summed E-state index contributed by atoms with van der Waals surface area (Å²) in [5.74, 6) is 0.285. The predicted molar refractivity (Wildman–Crippen MR) is 236 cm³/mol. The zero-order chi connectivity index (χ0) is 47.4. The molecule has 1 N–H and O–H groups in total. The summed E-state index contributed by atoms with van der Waals surface area (Å²) in [6.07, 6.45) is 0.526. The van der Waals surface area contributed by atoms with Crippen LogP contribution in [0.15, 0.2) is 78.4 Å². The van der Waals surface area contributed by atoms with E-state index in [1.165, 1.54) is 40.9 Å². The molecule has 0 saturated carbocycles. The van der Waals surface area contributed by atoms with Gasteiger partial charge in [0.05, 0.1) is 40.5 Å². The highest BCUT2D eigenvalue weighted by Gasteiger charge is 2.39. The lowest BCUT2D eigenvalue weighted by molar-refractivity contribution is -0.137. The topological polar surface area (TPSA) is 131 Å². The van der Waals surface area contributed by atoms with Crippen LogP contribution in [-0.4, -0.2) is 104 Å². The van der Waals surface area contributed by atoms with Gasteiger partial charge >= 0.3 is 30.9 Å². The van der Waals surface area contributed by atoms with Crippen molar-refractivity contribution < 1.29 is 50.5 Å². The summed E-state index contributed by atoms with van der Waals surface area (Å²) >= 11 is 35.1. The molecule has 1 aliphatic rings. The fraction of sp³-hybridized carbons (Fsp3) is 0.375. The highest BCUT2D eigenvalue weighted by atomic mass is 35.6. The maximum atomic E-state index is 13.1. The van der Waals surface area contributed by atoms with Gasteiger partial charge in [0, 0.05) is 41.8 Å². The molecule has 0 saturated heterocycles. The SMILES string of the molecule is CCCN(C(=O)OCC(Cl)(Cl)Cl)C1CN(C(=O)Nc2ccc(C(F)(F)F)cc2)N=C1c1ccc(OC(F)F)c(C)c1.CCCN(CCOc1c(Cl)cc(Cl)cc1Cl)C(=O)n1ccnc1. The van der Waals surface area contributed by atoms with E-state index < -0.39 is 46.9 Å². The quantitative estimate of drug-likeness (QED) is 0.0983. The molecule has 3 aromatic carbocycles. The summed E-state index contributed by atoms with van der Waals surface area (Å²) in [5, 5.41) is 8.93. The molecule has 0 bridgehead atoms. The number of carbonyl (C=O) groups excluding carboxylic acids is 3. The fourth-order valence-corrected chi connectivity index (χ4v) is 7.04. The van der Waals surface area contributed by atoms with Crippen LogP contribution in [0.4, 0.5) is 42.0 Å². The van der Waals surface area contributed by atoms with E-state index in [0.717, 1.165) is 35.7 Å². The second-order valence-electron chi connectivity index (χ2n) is 13.6. The first kappa shape index (κ1) is 52.2. The molecule has 2 heterocycles. The number of rotatable bonds is 14. The number of aryl methyl sites for hydroxylation is 1. The average molecular weight is 1020 g/mol. The number of hydrazone groups is 1. The van der Waals surface area contributed by atoms with Crippen molar-refractivity contribution in [1.82, 2.24) is 24.4 Å². The predicted octanol–water partition coefficient (Wildman–Crippen LogP) is 12.1. The number of hydrogen-bond acceptors (Lipinski definition) is 8. The Kier molecular flexibility index (Phi) is 19.3. The first-order chi connectivity index (χ1) is 30.1. The van der Waals surface area contributed by atoms with Crippen LogP contribution < -0.4 is 14.8 Å². The third-order valence-electron chi connectivity index (χ3n) is 8.77. The van der Waals surface area contributed by atoms with Crippen molar-refractivity contribution >= 4 is 99.2 Å². The first-order valence-corrected chi connectivity index (χ1v) is 21.3. The van der Waals surface area contributed by atoms with Gasteiger partial charge in [0.2, 0.25) is 3.79 Å². The summed E-state index contributed by atoms with van der Waals surface area (Å²) in [4.78, 5) is 45.3. The zero-order valence-electron chi connectivity index (χ0n) is 34.0. The van der Waals surface area contributed by atoms with Gasteiger partial charge in [-0.05, 0) is 79.9 Å². The number of aromatic nitrogens is 2. The molecule has 1 aromatic heterocycles. The van der Waals surface area contributed by atoms with Gasteiger partial charge in [-0.2, -0.15) is 27.1 Å². The summed E-state index contributed by atoms with van der Waals surface area (Å²) in [6, 6.07) is 9.30. The van der Waals surface area contributed by atoms with E-state index in [1.807, 2.05) is 6.92 Å². The summed E-state index contributed by atoms with van der Waals surface area (Å²) in [6.45, 7) is 2.95. The number of alkyl halides is 8. The third-order valence-corrected chi connectivity index (χ3v) is 9.88. The van der Waals surface area contributed by atoms with E-state index in [-0.39, 0.29) is 42.9 Å². The van der Waals surface area contributed by atoms with Gasteiger partial charge < -0.3 is 24.4 Å². The number of carbonyl (C=O) groups is 3. The van der Waals surface area contributed by atoms with Gasteiger partial charge in [0.25, 0.3) is 0 Å². The van der Waals surface area contributed by atoms with Gasteiger partial charge in [0.1, 0.15) is 25.3 Å². The monoisotopic (exact) mass is 1020 g/mol. The number of hydrogen-bond donors (Lipinski definition) is 1. The van der Waals surface area contributed by atoms with Crippen molar-refractivity contribution in [2.45, 2.75) is 56.2 Å². The minimum Gasteiger partial charge on any atom is -0.489 e.